The standard InChI is InChI=1S/C16H22N2O/c1-9-3-4-10(2)13(7-9)18-16(19)14-11-5-6-12(8-11)15(14)17/h3-4,7,11-12,14-15H,5-6,8,17H2,1-2H3,(H,18,19). The van der Waals surface area contributed by atoms with E-state index in [1.807, 2.05) is 26.0 Å². The van der Waals surface area contributed by atoms with Crippen LogP contribution in [-0.2, 0) is 4.79 Å². The molecule has 2 aliphatic carbocycles. The van der Waals surface area contributed by atoms with Crippen LogP contribution in [0.25, 0.3) is 0 Å². The van der Waals surface area contributed by atoms with E-state index in [0.717, 1.165) is 23.2 Å². The lowest BCUT2D eigenvalue weighted by molar-refractivity contribution is -0.121. The summed E-state index contributed by atoms with van der Waals surface area (Å²) in [6.07, 6.45) is 3.52. The van der Waals surface area contributed by atoms with E-state index in [9.17, 15) is 4.79 Å². The number of hydrogen-bond donors (Lipinski definition) is 2. The highest BCUT2D eigenvalue weighted by Gasteiger charge is 2.49. The van der Waals surface area contributed by atoms with Gasteiger partial charge in [0.2, 0.25) is 5.91 Å². The van der Waals surface area contributed by atoms with Crippen molar-refractivity contribution in [2.45, 2.75) is 39.2 Å². The molecule has 1 aromatic rings. The summed E-state index contributed by atoms with van der Waals surface area (Å²) in [5.41, 5.74) is 9.43. The topological polar surface area (TPSA) is 55.1 Å². The number of aryl methyl sites for hydroxylation is 2. The van der Waals surface area contributed by atoms with Crippen molar-refractivity contribution in [3.63, 3.8) is 0 Å². The molecule has 19 heavy (non-hydrogen) atoms. The number of fused-ring (bicyclic) bond motifs is 2. The van der Waals surface area contributed by atoms with Crippen LogP contribution in [0.4, 0.5) is 5.69 Å². The zero-order chi connectivity index (χ0) is 13.6. The minimum absolute atomic E-state index is 0.0127. The third-order valence-electron chi connectivity index (χ3n) is 4.93. The first-order chi connectivity index (χ1) is 9.06. The van der Waals surface area contributed by atoms with Crippen molar-refractivity contribution in [1.82, 2.24) is 0 Å². The highest BCUT2D eigenvalue weighted by atomic mass is 16.2. The first kappa shape index (κ1) is 12.7. The summed E-state index contributed by atoms with van der Waals surface area (Å²) in [5.74, 6) is 1.21. The second-order valence-corrected chi connectivity index (χ2v) is 6.24. The maximum absolute atomic E-state index is 12.5. The average Bonchev–Trinajstić information content (AvgIpc) is 2.94. The van der Waals surface area contributed by atoms with Gasteiger partial charge in [-0.1, -0.05) is 12.1 Å². The van der Waals surface area contributed by atoms with Gasteiger partial charge in [-0.3, -0.25) is 4.79 Å². The summed E-state index contributed by atoms with van der Waals surface area (Å²) in [7, 11) is 0. The highest BCUT2D eigenvalue weighted by molar-refractivity contribution is 5.94. The van der Waals surface area contributed by atoms with Crippen molar-refractivity contribution >= 4 is 11.6 Å². The molecule has 3 heteroatoms. The van der Waals surface area contributed by atoms with Gasteiger partial charge in [0.05, 0.1) is 5.92 Å². The van der Waals surface area contributed by atoms with E-state index in [0.29, 0.717) is 11.8 Å². The second-order valence-electron chi connectivity index (χ2n) is 6.24. The fraction of sp³-hybridized carbons (Fsp3) is 0.562. The summed E-state index contributed by atoms with van der Waals surface area (Å²) >= 11 is 0. The van der Waals surface area contributed by atoms with Gasteiger partial charge in [0.25, 0.3) is 0 Å². The number of carbonyl (C=O) groups is 1. The summed E-state index contributed by atoms with van der Waals surface area (Å²) < 4.78 is 0. The Morgan fingerprint density at radius 3 is 2.68 bits per heavy atom. The Kier molecular flexibility index (Phi) is 3.09. The van der Waals surface area contributed by atoms with Gasteiger partial charge in [0.1, 0.15) is 0 Å². The molecule has 0 saturated heterocycles. The number of nitrogens with two attached hydrogens (primary N) is 1. The smallest absolute Gasteiger partial charge is 0.229 e. The monoisotopic (exact) mass is 258 g/mol. The largest absolute Gasteiger partial charge is 0.327 e. The predicted molar refractivity (Wildman–Crippen MR) is 76.8 cm³/mol. The number of anilines is 1. The van der Waals surface area contributed by atoms with Gasteiger partial charge < -0.3 is 11.1 Å². The van der Waals surface area contributed by atoms with Gasteiger partial charge >= 0.3 is 0 Å². The molecule has 2 bridgehead atoms. The van der Waals surface area contributed by atoms with Crippen LogP contribution in [0, 0.1) is 31.6 Å². The molecule has 1 amide bonds. The molecule has 4 atom stereocenters. The van der Waals surface area contributed by atoms with Gasteiger partial charge in [-0.15, -0.1) is 0 Å². The molecule has 0 aromatic heterocycles. The van der Waals surface area contributed by atoms with Gasteiger partial charge in [-0.2, -0.15) is 0 Å². The summed E-state index contributed by atoms with van der Waals surface area (Å²) in [6.45, 7) is 4.06. The Labute approximate surface area is 114 Å². The van der Waals surface area contributed by atoms with E-state index in [2.05, 4.69) is 11.4 Å². The van der Waals surface area contributed by atoms with Crippen LogP contribution in [0.2, 0.25) is 0 Å². The van der Waals surface area contributed by atoms with Crippen LogP contribution in [0.3, 0.4) is 0 Å². The molecule has 0 heterocycles. The van der Waals surface area contributed by atoms with E-state index < -0.39 is 0 Å². The zero-order valence-corrected chi connectivity index (χ0v) is 11.6. The number of hydrogen-bond acceptors (Lipinski definition) is 2. The molecule has 3 nitrogen and oxygen atoms in total. The van der Waals surface area contributed by atoms with E-state index in [-0.39, 0.29) is 17.9 Å². The van der Waals surface area contributed by atoms with Crippen LogP contribution >= 0.6 is 0 Å². The Bertz CT molecular complexity index is 509. The molecule has 102 valence electrons. The first-order valence-corrected chi connectivity index (χ1v) is 7.20. The lowest BCUT2D eigenvalue weighted by Crippen LogP contribution is -2.42. The fourth-order valence-corrected chi connectivity index (χ4v) is 3.81. The van der Waals surface area contributed by atoms with Gasteiger partial charge in [0, 0.05) is 11.7 Å². The second kappa shape index (κ2) is 4.64. The van der Waals surface area contributed by atoms with Crippen LogP contribution < -0.4 is 11.1 Å². The molecule has 2 saturated carbocycles. The predicted octanol–water partition coefficient (Wildman–Crippen LogP) is 2.62. The Hall–Kier alpha value is -1.35. The van der Waals surface area contributed by atoms with E-state index in [1.54, 1.807) is 0 Å². The van der Waals surface area contributed by atoms with Gasteiger partial charge in [-0.25, -0.2) is 0 Å². The van der Waals surface area contributed by atoms with Crippen molar-refractivity contribution in [2.24, 2.45) is 23.5 Å². The van der Waals surface area contributed by atoms with Crippen molar-refractivity contribution in [1.29, 1.82) is 0 Å². The fourth-order valence-electron chi connectivity index (χ4n) is 3.81. The quantitative estimate of drug-likeness (QED) is 0.856. The molecular formula is C16H22N2O. The molecule has 0 spiro atoms. The van der Waals surface area contributed by atoms with Gasteiger partial charge in [0.15, 0.2) is 0 Å². The third kappa shape index (κ3) is 2.16. The maximum atomic E-state index is 12.5. The van der Waals surface area contributed by atoms with Crippen molar-refractivity contribution in [2.75, 3.05) is 5.32 Å². The molecule has 0 aliphatic heterocycles. The SMILES string of the molecule is Cc1ccc(C)c(NC(=O)C2C3CCC(C3)C2N)c1. The Morgan fingerprint density at radius 1 is 1.26 bits per heavy atom. The van der Waals surface area contributed by atoms with Crippen molar-refractivity contribution < 1.29 is 4.79 Å². The molecule has 3 rings (SSSR count). The Morgan fingerprint density at radius 2 is 2.00 bits per heavy atom. The number of rotatable bonds is 2. The number of amides is 1. The summed E-state index contributed by atoms with van der Waals surface area (Å²) in [4.78, 5) is 12.5. The van der Waals surface area contributed by atoms with Crippen LogP contribution in [0.5, 0.6) is 0 Å². The molecule has 4 unspecified atom stereocenters. The highest BCUT2D eigenvalue weighted by Crippen LogP contribution is 2.47. The molecule has 1 aromatic carbocycles. The first-order valence-electron chi connectivity index (χ1n) is 7.20. The maximum Gasteiger partial charge on any atom is 0.229 e. The molecule has 2 fully saturated rings. The minimum atomic E-state index is 0.0127. The zero-order valence-electron chi connectivity index (χ0n) is 11.6. The number of nitrogens with one attached hydrogen (secondary N) is 1. The minimum Gasteiger partial charge on any atom is -0.327 e. The van der Waals surface area contributed by atoms with Crippen molar-refractivity contribution in [3.8, 4) is 0 Å². The third-order valence-corrected chi connectivity index (χ3v) is 4.93. The van der Waals surface area contributed by atoms with Crippen molar-refractivity contribution in [3.05, 3.63) is 29.3 Å². The van der Waals surface area contributed by atoms with E-state index >= 15 is 0 Å². The van der Waals surface area contributed by atoms with Crippen LogP contribution in [-0.4, -0.2) is 11.9 Å². The van der Waals surface area contributed by atoms with Crippen LogP contribution in [0.15, 0.2) is 18.2 Å². The summed E-state index contributed by atoms with van der Waals surface area (Å²) in [5, 5.41) is 3.09. The molecule has 2 aliphatic rings. The number of carbonyl (C=O) groups excluding carboxylic acids is 1. The van der Waals surface area contributed by atoms with Gasteiger partial charge in [-0.05, 0) is 62.1 Å². The van der Waals surface area contributed by atoms with E-state index in [1.165, 1.54) is 12.8 Å². The molecule has 3 N–H and O–H groups in total. The average molecular weight is 258 g/mol. The normalized spacial score (nSPS) is 32.6. The lowest BCUT2D eigenvalue weighted by Gasteiger charge is -2.27. The molecule has 0 radical (unpaired) electrons. The Balaban J connectivity index is 1.77. The number of benzene rings is 1. The summed E-state index contributed by atoms with van der Waals surface area (Å²) in [6, 6.07) is 6.20. The molecular weight excluding hydrogens is 236 g/mol. The van der Waals surface area contributed by atoms with Crippen LogP contribution in [0.1, 0.15) is 30.4 Å². The lowest BCUT2D eigenvalue weighted by atomic mass is 9.84. The van der Waals surface area contributed by atoms with E-state index in [4.69, 9.17) is 5.73 Å².